The molecule has 0 saturated carbocycles. The molecule has 2 saturated heterocycles. The van der Waals surface area contributed by atoms with E-state index in [0.717, 1.165) is 24.4 Å². The molecule has 0 aliphatic carbocycles. The predicted octanol–water partition coefficient (Wildman–Crippen LogP) is 0.980. The van der Waals surface area contributed by atoms with Crippen LogP contribution < -0.4 is 10.1 Å². The van der Waals surface area contributed by atoms with Gasteiger partial charge in [0.2, 0.25) is 0 Å². The normalized spacial score (nSPS) is 32.3. The third kappa shape index (κ3) is 3.43. The fourth-order valence-corrected chi connectivity index (χ4v) is 3.67. The molecule has 0 spiro atoms. The van der Waals surface area contributed by atoms with Gasteiger partial charge in [0.15, 0.2) is 6.29 Å². The lowest BCUT2D eigenvalue weighted by Gasteiger charge is -2.43. The van der Waals surface area contributed by atoms with Crippen molar-refractivity contribution in [1.29, 1.82) is 0 Å². The summed E-state index contributed by atoms with van der Waals surface area (Å²) in [7, 11) is 1.66. The van der Waals surface area contributed by atoms with Crippen molar-refractivity contribution in [2.24, 2.45) is 0 Å². The SMILES string of the molecule is CCN(CC)C1C2OCC(O2)C(NCc2ccc(OC)cc2)C1O. The minimum Gasteiger partial charge on any atom is -0.497 e. The maximum atomic E-state index is 10.9. The number of aliphatic hydroxyl groups excluding tert-OH is 1. The molecule has 6 heteroatoms. The Hall–Kier alpha value is -1.18. The van der Waals surface area contributed by atoms with E-state index in [0.29, 0.717) is 13.2 Å². The number of aliphatic hydroxyl groups is 1. The van der Waals surface area contributed by atoms with Crippen LogP contribution in [0.15, 0.2) is 24.3 Å². The summed E-state index contributed by atoms with van der Waals surface area (Å²) < 4.78 is 17.0. The van der Waals surface area contributed by atoms with E-state index in [4.69, 9.17) is 14.2 Å². The van der Waals surface area contributed by atoms with Crippen molar-refractivity contribution in [1.82, 2.24) is 10.2 Å². The number of rotatable bonds is 7. The minimum absolute atomic E-state index is 0.102. The van der Waals surface area contributed by atoms with Crippen molar-refractivity contribution in [3.63, 3.8) is 0 Å². The zero-order chi connectivity index (χ0) is 17.1. The topological polar surface area (TPSA) is 63.2 Å². The molecule has 6 nitrogen and oxygen atoms in total. The molecule has 0 aromatic heterocycles. The van der Waals surface area contributed by atoms with E-state index in [2.05, 4.69) is 24.1 Å². The molecule has 1 aromatic rings. The van der Waals surface area contributed by atoms with Crippen LogP contribution in [-0.4, -0.2) is 67.4 Å². The quantitative estimate of drug-likeness (QED) is 0.774. The average molecular weight is 336 g/mol. The molecule has 5 unspecified atom stereocenters. The van der Waals surface area contributed by atoms with Crippen molar-refractivity contribution in [2.75, 3.05) is 26.8 Å². The molecule has 134 valence electrons. The first kappa shape index (κ1) is 17.6. The van der Waals surface area contributed by atoms with Crippen molar-refractivity contribution < 1.29 is 19.3 Å². The monoisotopic (exact) mass is 336 g/mol. The van der Waals surface area contributed by atoms with E-state index < -0.39 is 6.10 Å². The standard InChI is InChI=1S/C18H28N2O4/c1-4-20(5-2)16-17(21)15(14-11-23-18(16)24-14)19-10-12-6-8-13(22-3)9-7-12/h6-9,14-19,21H,4-5,10-11H2,1-3H3. The van der Waals surface area contributed by atoms with Gasteiger partial charge in [0.05, 0.1) is 31.9 Å². The lowest BCUT2D eigenvalue weighted by atomic mass is 9.94. The second-order valence-electron chi connectivity index (χ2n) is 6.33. The highest BCUT2D eigenvalue weighted by atomic mass is 16.7. The van der Waals surface area contributed by atoms with E-state index in [9.17, 15) is 5.11 Å². The predicted molar refractivity (Wildman–Crippen MR) is 91.0 cm³/mol. The summed E-state index contributed by atoms with van der Waals surface area (Å²) in [6, 6.07) is 7.66. The Balaban J connectivity index is 1.67. The fraction of sp³-hybridized carbons (Fsp3) is 0.667. The van der Waals surface area contributed by atoms with Crippen LogP contribution in [0, 0.1) is 0 Å². The molecule has 2 fully saturated rings. The molecule has 5 atom stereocenters. The fourth-order valence-electron chi connectivity index (χ4n) is 3.67. The van der Waals surface area contributed by atoms with Gasteiger partial charge in [-0.1, -0.05) is 26.0 Å². The smallest absolute Gasteiger partial charge is 0.176 e. The highest BCUT2D eigenvalue weighted by molar-refractivity contribution is 5.27. The summed E-state index contributed by atoms with van der Waals surface area (Å²) in [5.41, 5.74) is 1.14. The Morgan fingerprint density at radius 2 is 1.96 bits per heavy atom. The van der Waals surface area contributed by atoms with Crippen LogP contribution in [-0.2, 0) is 16.0 Å². The number of ether oxygens (including phenoxy) is 3. The van der Waals surface area contributed by atoms with Crippen LogP contribution in [0.1, 0.15) is 19.4 Å². The first-order valence-electron chi connectivity index (χ1n) is 8.73. The van der Waals surface area contributed by atoms with Crippen LogP contribution in [0.5, 0.6) is 5.75 Å². The van der Waals surface area contributed by atoms with Crippen molar-refractivity contribution in [3.8, 4) is 5.75 Å². The highest BCUT2D eigenvalue weighted by Crippen LogP contribution is 2.31. The molecule has 2 aliphatic rings. The number of benzene rings is 1. The van der Waals surface area contributed by atoms with Crippen LogP contribution in [0.3, 0.4) is 0 Å². The van der Waals surface area contributed by atoms with E-state index >= 15 is 0 Å². The summed E-state index contributed by atoms with van der Waals surface area (Å²) in [6.45, 7) is 7.10. The van der Waals surface area contributed by atoms with Gasteiger partial charge in [-0.3, -0.25) is 4.90 Å². The summed E-state index contributed by atoms with van der Waals surface area (Å²) in [4.78, 5) is 2.21. The summed E-state index contributed by atoms with van der Waals surface area (Å²) in [6.07, 6.45) is -0.951. The lowest BCUT2D eigenvalue weighted by Crippen LogP contribution is -2.64. The first-order chi connectivity index (χ1) is 11.7. The number of hydrogen-bond donors (Lipinski definition) is 2. The molecular weight excluding hydrogens is 308 g/mol. The van der Waals surface area contributed by atoms with E-state index in [-0.39, 0.29) is 24.5 Å². The summed E-state index contributed by atoms with van der Waals surface area (Å²) in [5, 5.41) is 14.4. The van der Waals surface area contributed by atoms with Gasteiger partial charge in [-0.2, -0.15) is 0 Å². The second-order valence-corrected chi connectivity index (χ2v) is 6.33. The van der Waals surface area contributed by atoms with Crippen molar-refractivity contribution >= 4 is 0 Å². The maximum absolute atomic E-state index is 10.9. The Bertz CT molecular complexity index is 518. The Labute approximate surface area is 143 Å². The van der Waals surface area contributed by atoms with E-state index in [1.54, 1.807) is 7.11 Å². The highest BCUT2D eigenvalue weighted by Gasteiger charge is 2.51. The van der Waals surface area contributed by atoms with Crippen LogP contribution in [0.25, 0.3) is 0 Å². The number of hydrogen-bond acceptors (Lipinski definition) is 6. The zero-order valence-corrected chi connectivity index (χ0v) is 14.6. The Morgan fingerprint density at radius 1 is 1.25 bits per heavy atom. The zero-order valence-electron chi connectivity index (χ0n) is 14.6. The van der Waals surface area contributed by atoms with Crippen LogP contribution in [0.4, 0.5) is 0 Å². The molecular formula is C18H28N2O4. The molecule has 2 bridgehead atoms. The van der Waals surface area contributed by atoms with E-state index in [1.165, 1.54) is 0 Å². The minimum atomic E-state index is -0.519. The molecule has 24 heavy (non-hydrogen) atoms. The van der Waals surface area contributed by atoms with Gasteiger partial charge in [-0.05, 0) is 30.8 Å². The third-order valence-electron chi connectivity index (χ3n) is 5.07. The molecule has 1 aromatic carbocycles. The maximum Gasteiger partial charge on any atom is 0.176 e. The molecule has 2 heterocycles. The first-order valence-corrected chi connectivity index (χ1v) is 8.73. The van der Waals surface area contributed by atoms with Gasteiger partial charge < -0.3 is 24.6 Å². The van der Waals surface area contributed by atoms with Gasteiger partial charge in [0.1, 0.15) is 11.9 Å². The number of nitrogens with zero attached hydrogens (tertiary/aromatic N) is 1. The van der Waals surface area contributed by atoms with Gasteiger partial charge in [0.25, 0.3) is 0 Å². The van der Waals surface area contributed by atoms with Crippen molar-refractivity contribution in [2.45, 2.75) is 51.0 Å². The van der Waals surface area contributed by atoms with E-state index in [1.807, 2.05) is 24.3 Å². The molecule has 3 rings (SSSR count). The number of methoxy groups -OCH3 is 1. The molecule has 2 aliphatic heterocycles. The number of fused-ring (bicyclic) bond motifs is 2. The number of nitrogens with one attached hydrogen (secondary N) is 1. The van der Waals surface area contributed by atoms with Gasteiger partial charge in [-0.15, -0.1) is 0 Å². The largest absolute Gasteiger partial charge is 0.497 e. The summed E-state index contributed by atoms with van der Waals surface area (Å²) in [5.74, 6) is 0.841. The Morgan fingerprint density at radius 3 is 2.58 bits per heavy atom. The summed E-state index contributed by atoms with van der Waals surface area (Å²) >= 11 is 0. The molecule has 0 radical (unpaired) electrons. The molecule has 2 N–H and O–H groups in total. The second kappa shape index (κ2) is 7.80. The number of likely N-dealkylation sites (N-methyl/N-ethyl adjacent to an activating group) is 1. The van der Waals surface area contributed by atoms with Crippen LogP contribution in [0.2, 0.25) is 0 Å². The Kier molecular flexibility index (Phi) is 5.73. The van der Waals surface area contributed by atoms with Crippen LogP contribution >= 0.6 is 0 Å². The van der Waals surface area contributed by atoms with Gasteiger partial charge in [-0.25, -0.2) is 0 Å². The average Bonchev–Trinajstić information content (AvgIpc) is 3.04. The lowest BCUT2D eigenvalue weighted by molar-refractivity contribution is -0.181. The van der Waals surface area contributed by atoms with Gasteiger partial charge in [0, 0.05) is 6.54 Å². The van der Waals surface area contributed by atoms with Crippen molar-refractivity contribution in [3.05, 3.63) is 29.8 Å². The third-order valence-corrected chi connectivity index (χ3v) is 5.07. The molecule has 0 amide bonds. The van der Waals surface area contributed by atoms with Gasteiger partial charge >= 0.3 is 0 Å².